The Bertz CT molecular complexity index is 1760. The fourth-order valence-corrected chi connectivity index (χ4v) is 6.92. The van der Waals surface area contributed by atoms with Crippen LogP contribution in [0.5, 0.6) is 5.75 Å². The molecule has 4 N–H and O–H groups in total. The van der Waals surface area contributed by atoms with Gasteiger partial charge in [0.2, 0.25) is 5.91 Å². The molecule has 1 aliphatic carbocycles. The number of carbonyl (C=O) groups is 1. The van der Waals surface area contributed by atoms with Crippen LogP contribution in [0, 0.1) is 5.92 Å². The van der Waals surface area contributed by atoms with Crippen LogP contribution in [0.3, 0.4) is 0 Å². The van der Waals surface area contributed by atoms with Crippen LogP contribution in [0.2, 0.25) is 0 Å². The molecule has 5 aromatic rings. The van der Waals surface area contributed by atoms with Crippen LogP contribution < -0.4 is 16.2 Å². The van der Waals surface area contributed by atoms with E-state index in [-0.39, 0.29) is 11.9 Å². The first-order valence-electron chi connectivity index (χ1n) is 15.1. The second-order valence-electron chi connectivity index (χ2n) is 11.8. The zero-order valence-electron chi connectivity index (χ0n) is 24.1. The average molecular weight is 573 g/mol. The van der Waals surface area contributed by atoms with Crippen molar-refractivity contribution in [1.29, 1.82) is 0 Å². The number of carbonyl (C=O) groups excluding carboxylic acids is 1. The lowest BCUT2D eigenvalue weighted by atomic mass is 9.79. The van der Waals surface area contributed by atoms with Crippen molar-refractivity contribution in [2.75, 3.05) is 18.8 Å². The standard InChI is InChI=1S/C35H36N6O2/c36-33-32-30(25-10-6-11-27(18-25)43-21-23-8-2-1-3-9-23)20-41(35(32)39-22-38-33)26-16-24(17-26)19-40-15-7-14-31(40)28-12-4-5-13-29(28)34(37)42/h1-6,8-13,18,20,22,24,26,31H,7,14-17,19,21H2,(H2,37,42)(H2,36,38,39)/t24?,26?,31-/m1/s1. The Hall–Kier alpha value is -4.69. The summed E-state index contributed by atoms with van der Waals surface area (Å²) in [6.07, 6.45) is 8.05. The average Bonchev–Trinajstić information content (AvgIpc) is 3.64. The number of amides is 1. The summed E-state index contributed by atoms with van der Waals surface area (Å²) in [4.78, 5) is 23.7. The van der Waals surface area contributed by atoms with Crippen LogP contribution in [0.4, 0.5) is 5.82 Å². The van der Waals surface area contributed by atoms with Crippen molar-refractivity contribution in [3.8, 4) is 16.9 Å². The van der Waals surface area contributed by atoms with Crippen molar-refractivity contribution >= 4 is 22.8 Å². The molecule has 8 heteroatoms. The van der Waals surface area contributed by atoms with Crippen LogP contribution >= 0.6 is 0 Å². The number of hydrogen-bond acceptors (Lipinski definition) is 6. The number of hydrogen-bond donors (Lipinski definition) is 2. The fourth-order valence-electron chi connectivity index (χ4n) is 6.92. The molecule has 2 fully saturated rings. The zero-order valence-corrected chi connectivity index (χ0v) is 24.1. The smallest absolute Gasteiger partial charge is 0.249 e. The third kappa shape index (κ3) is 5.34. The zero-order chi connectivity index (χ0) is 29.3. The van der Waals surface area contributed by atoms with Crippen LogP contribution in [-0.2, 0) is 6.61 Å². The van der Waals surface area contributed by atoms with Crippen molar-refractivity contribution in [2.24, 2.45) is 11.7 Å². The Morgan fingerprint density at radius 2 is 1.79 bits per heavy atom. The second kappa shape index (κ2) is 11.5. The molecule has 43 heavy (non-hydrogen) atoms. The van der Waals surface area contributed by atoms with Gasteiger partial charge in [0.1, 0.15) is 30.1 Å². The topological polar surface area (TPSA) is 112 Å². The number of rotatable bonds is 9. The lowest BCUT2D eigenvalue weighted by Crippen LogP contribution is -2.37. The molecular formula is C35H36N6O2. The van der Waals surface area contributed by atoms with E-state index in [0.29, 0.717) is 29.9 Å². The Morgan fingerprint density at radius 1 is 0.977 bits per heavy atom. The largest absolute Gasteiger partial charge is 0.489 e. The minimum Gasteiger partial charge on any atom is -0.489 e. The normalized spacial score (nSPS) is 20.2. The fraction of sp³-hybridized carbons (Fsp3) is 0.286. The minimum absolute atomic E-state index is 0.241. The van der Waals surface area contributed by atoms with Crippen LogP contribution in [0.25, 0.3) is 22.2 Å². The maximum atomic E-state index is 12.1. The molecule has 218 valence electrons. The number of nitrogen functional groups attached to an aromatic ring is 1. The van der Waals surface area contributed by atoms with Gasteiger partial charge in [-0.15, -0.1) is 0 Å². The summed E-state index contributed by atoms with van der Waals surface area (Å²) in [6, 6.07) is 26.7. The van der Waals surface area contributed by atoms with Gasteiger partial charge < -0.3 is 20.8 Å². The number of ether oxygens (including phenoxy) is 1. The maximum Gasteiger partial charge on any atom is 0.249 e. The second-order valence-corrected chi connectivity index (χ2v) is 11.8. The van der Waals surface area contributed by atoms with E-state index in [2.05, 4.69) is 56.0 Å². The van der Waals surface area contributed by atoms with E-state index >= 15 is 0 Å². The summed E-state index contributed by atoms with van der Waals surface area (Å²) in [5.41, 5.74) is 17.9. The van der Waals surface area contributed by atoms with Crippen molar-refractivity contribution in [3.05, 3.63) is 108 Å². The van der Waals surface area contributed by atoms with Gasteiger partial charge in [-0.2, -0.15) is 0 Å². The predicted octanol–water partition coefficient (Wildman–Crippen LogP) is 6.15. The van der Waals surface area contributed by atoms with Crippen molar-refractivity contribution in [2.45, 2.75) is 44.4 Å². The number of fused-ring (bicyclic) bond motifs is 1. The summed E-state index contributed by atoms with van der Waals surface area (Å²) in [6.45, 7) is 2.56. The molecule has 1 atom stereocenters. The number of primary amides is 1. The van der Waals surface area contributed by atoms with Gasteiger partial charge in [-0.3, -0.25) is 9.69 Å². The van der Waals surface area contributed by atoms with E-state index in [4.69, 9.17) is 16.2 Å². The Balaban J connectivity index is 1.09. The molecule has 0 unspecified atom stereocenters. The molecule has 0 bridgehead atoms. The lowest BCUT2D eigenvalue weighted by molar-refractivity contribution is 0.0993. The van der Waals surface area contributed by atoms with Gasteiger partial charge in [0.15, 0.2) is 0 Å². The van der Waals surface area contributed by atoms with Crippen LogP contribution in [0.15, 0.2) is 91.4 Å². The van der Waals surface area contributed by atoms with Crippen LogP contribution in [-0.4, -0.2) is 38.4 Å². The van der Waals surface area contributed by atoms with Crippen LogP contribution in [0.1, 0.15) is 59.3 Å². The summed E-state index contributed by atoms with van der Waals surface area (Å²) in [5.74, 6) is 1.51. The molecule has 3 aromatic carbocycles. The summed E-state index contributed by atoms with van der Waals surface area (Å²) in [7, 11) is 0. The molecule has 1 saturated carbocycles. The molecule has 3 heterocycles. The van der Waals surface area contributed by atoms with Gasteiger partial charge in [-0.25, -0.2) is 9.97 Å². The molecule has 1 amide bonds. The highest BCUT2D eigenvalue weighted by atomic mass is 16.5. The number of likely N-dealkylation sites (tertiary alicyclic amines) is 1. The predicted molar refractivity (Wildman–Crippen MR) is 168 cm³/mol. The number of nitrogens with zero attached hydrogens (tertiary/aromatic N) is 4. The van der Waals surface area contributed by atoms with Crippen molar-refractivity contribution in [3.63, 3.8) is 0 Å². The molecule has 1 saturated heterocycles. The monoisotopic (exact) mass is 572 g/mol. The highest BCUT2D eigenvalue weighted by molar-refractivity contribution is 6.00. The maximum absolute atomic E-state index is 12.1. The molecule has 2 aromatic heterocycles. The van der Waals surface area contributed by atoms with Gasteiger partial charge in [0, 0.05) is 36.0 Å². The van der Waals surface area contributed by atoms with Gasteiger partial charge in [0.05, 0.1) is 5.39 Å². The number of anilines is 1. The molecule has 7 rings (SSSR count). The van der Waals surface area contributed by atoms with E-state index in [1.807, 2.05) is 48.5 Å². The van der Waals surface area contributed by atoms with E-state index in [1.165, 1.54) is 0 Å². The molecule has 8 nitrogen and oxygen atoms in total. The summed E-state index contributed by atoms with van der Waals surface area (Å²) < 4.78 is 8.41. The Kier molecular flexibility index (Phi) is 7.28. The quantitative estimate of drug-likeness (QED) is 0.219. The van der Waals surface area contributed by atoms with E-state index in [9.17, 15) is 4.79 Å². The Labute approximate surface area is 251 Å². The highest BCUT2D eigenvalue weighted by Gasteiger charge is 2.37. The molecule has 0 radical (unpaired) electrons. The van der Waals surface area contributed by atoms with E-state index in [1.54, 1.807) is 6.33 Å². The SMILES string of the molecule is NC(=O)c1ccccc1[C@H]1CCCN1CC1CC(n2cc(-c3cccc(OCc4ccccc4)c3)c3c(N)ncnc32)C1. The van der Waals surface area contributed by atoms with Gasteiger partial charge in [-0.1, -0.05) is 60.7 Å². The van der Waals surface area contributed by atoms with Gasteiger partial charge in [0.25, 0.3) is 0 Å². The highest BCUT2D eigenvalue weighted by Crippen LogP contribution is 2.45. The molecule has 2 aliphatic rings. The number of benzene rings is 3. The number of aromatic nitrogens is 3. The molecular weight excluding hydrogens is 536 g/mol. The first-order valence-corrected chi connectivity index (χ1v) is 15.1. The van der Waals surface area contributed by atoms with Gasteiger partial charge >= 0.3 is 0 Å². The van der Waals surface area contributed by atoms with Gasteiger partial charge in [-0.05, 0) is 73.0 Å². The van der Waals surface area contributed by atoms with Crippen molar-refractivity contribution in [1.82, 2.24) is 19.4 Å². The Morgan fingerprint density at radius 3 is 2.63 bits per heavy atom. The van der Waals surface area contributed by atoms with Crippen molar-refractivity contribution < 1.29 is 9.53 Å². The lowest BCUT2D eigenvalue weighted by Gasteiger charge is -2.40. The minimum atomic E-state index is -0.351. The summed E-state index contributed by atoms with van der Waals surface area (Å²) >= 11 is 0. The molecule has 0 spiro atoms. The summed E-state index contributed by atoms with van der Waals surface area (Å²) in [5, 5.41) is 0.883. The van der Waals surface area contributed by atoms with E-state index < -0.39 is 0 Å². The van der Waals surface area contributed by atoms with E-state index in [0.717, 1.165) is 77.8 Å². The molecule has 1 aliphatic heterocycles. The third-order valence-corrected chi connectivity index (χ3v) is 9.08. The first kappa shape index (κ1) is 27.2. The number of nitrogens with two attached hydrogens (primary N) is 2. The third-order valence-electron chi connectivity index (χ3n) is 9.08. The first-order chi connectivity index (χ1) is 21.0.